The summed E-state index contributed by atoms with van der Waals surface area (Å²) in [6.45, 7) is 1.14. The lowest BCUT2D eigenvalue weighted by atomic mass is 10.2. The van der Waals surface area contributed by atoms with Gasteiger partial charge in [0, 0.05) is 6.92 Å². The van der Waals surface area contributed by atoms with Crippen LogP contribution in [0, 0.1) is 0 Å². The number of Topliss-reactive ketones (excluding diaryl/α,β-unsaturated/α-hetero) is 1. The molecule has 1 rings (SSSR count). The molecule has 1 N–H and O–H groups in total. The highest BCUT2D eigenvalue weighted by Gasteiger charge is 2.60. The maximum Gasteiger partial charge on any atom is 0.295 e. The second kappa shape index (κ2) is 3.27. The molecule has 0 saturated heterocycles. The Balaban J connectivity index is 2.59. The molecule has 0 heterocycles. The average molecular weight is 224 g/mol. The fourth-order valence-electron chi connectivity index (χ4n) is 0.842. The molecule has 2 unspecified atom stereocenters. The van der Waals surface area contributed by atoms with Crippen molar-refractivity contribution < 1.29 is 14.4 Å². The fraction of sp³-hybridized carbons (Fsp3) is 0.571. The lowest BCUT2D eigenvalue weighted by molar-refractivity contribution is -0.140. The van der Waals surface area contributed by atoms with E-state index in [1.54, 1.807) is 0 Å². The highest BCUT2D eigenvalue weighted by molar-refractivity contribution is 6.58. The molecule has 0 aromatic rings. The normalized spacial score (nSPS) is 30.8. The maximum atomic E-state index is 11.2. The van der Waals surface area contributed by atoms with Crippen LogP contribution in [-0.2, 0) is 14.4 Å². The molecule has 2 atom stereocenters. The zero-order chi connectivity index (χ0) is 10.2. The summed E-state index contributed by atoms with van der Waals surface area (Å²) in [5.41, 5.74) is 0. The van der Waals surface area contributed by atoms with Gasteiger partial charge in [0.05, 0.1) is 5.38 Å². The monoisotopic (exact) mass is 223 g/mol. The van der Waals surface area contributed by atoms with Crippen molar-refractivity contribution in [1.82, 2.24) is 5.32 Å². The maximum absolute atomic E-state index is 11.2. The molecular formula is C7H7Cl2NO3. The number of ketones is 1. The standard InChI is InChI=1S/C7H7Cl2NO3/c1-3(11)10-6(13)5(12)7(9)2-4(7)8/h4H,2H2,1H3,(H,10,11,13). The van der Waals surface area contributed by atoms with Crippen LogP contribution in [0.2, 0.25) is 0 Å². The quantitative estimate of drug-likeness (QED) is 0.538. The topological polar surface area (TPSA) is 63.2 Å². The summed E-state index contributed by atoms with van der Waals surface area (Å²) in [5, 5.41) is 1.32. The molecule has 1 saturated carbocycles. The summed E-state index contributed by atoms with van der Waals surface area (Å²) in [6, 6.07) is 0. The Morgan fingerprint density at radius 3 is 2.23 bits per heavy atom. The summed E-state index contributed by atoms with van der Waals surface area (Å²) in [5.74, 6) is -2.43. The Labute approximate surface area is 84.6 Å². The molecule has 72 valence electrons. The number of carbonyl (C=O) groups is 3. The van der Waals surface area contributed by atoms with E-state index in [2.05, 4.69) is 0 Å². The van der Waals surface area contributed by atoms with E-state index < -0.39 is 27.8 Å². The molecule has 0 aromatic carbocycles. The minimum Gasteiger partial charge on any atom is -0.290 e. The van der Waals surface area contributed by atoms with Gasteiger partial charge in [0.2, 0.25) is 11.7 Å². The van der Waals surface area contributed by atoms with Crippen LogP contribution in [0.15, 0.2) is 0 Å². The highest BCUT2D eigenvalue weighted by atomic mass is 35.5. The molecule has 0 spiro atoms. The number of hydrogen-bond acceptors (Lipinski definition) is 3. The second-order valence-electron chi connectivity index (χ2n) is 2.87. The Morgan fingerprint density at radius 2 is 1.92 bits per heavy atom. The van der Waals surface area contributed by atoms with Crippen molar-refractivity contribution in [2.24, 2.45) is 0 Å². The SMILES string of the molecule is CC(=O)NC(=O)C(=O)C1(Cl)CC1Cl. The van der Waals surface area contributed by atoms with Crippen molar-refractivity contribution in [3.8, 4) is 0 Å². The molecule has 6 heteroatoms. The first-order valence-electron chi connectivity index (χ1n) is 3.57. The van der Waals surface area contributed by atoms with E-state index >= 15 is 0 Å². The molecule has 0 bridgehead atoms. The molecule has 0 aliphatic heterocycles. The average Bonchev–Trinajstić information content (AvgIpc) is 2.58. The number of hydrogen-bond donors (Lipinski definition) is 1. The number of imide groups is 1. The van der Waals surface area contributed by atoms with E-state index in [4.69, 9.17) is 23.2 Å². The van der Waals surface area contributed by atoms with Gasteiger partial charge in [0.25, 0.3) is 5.91 Å². The number of rotatable bonds is 2. The summed E-state index contributed by atoms with van der Waals surface area (Å²) in [6.07, 6.45) is 0.264. The van der Waals surface area contributed by atoms with Crippen LogP contribution in [0.4, 0.5) is 0 Å². The third-order valence-electron chi connectivity index (χ3n) is 1.69. The highest BCUT2D eigenvalue weighted by Crippen LogP contribution is 2.48. The van der Waals surface area contributed by atoms with Crippen LogP contribution < -0.4 is 5.32 Å². The van der Waals surface area contributed by atoms with Gasteiger partial charge in [-0.3, -0.25) is 19.7 Å². The Kier molecular flexibility index (Phi) is 2.63. The Hall–Kier alpha value is -0.610. The van der Waals surface area contributed by atoms with Gasteiger partial charge in [-0.1, -0.05) is 0 Å². The summed E-state index contributed by atoms with van der Waals surface area (Å²) in [4.78, 5) is 31.3. The van der Waals surface area contributed by atoms with Crippen molar-refractivity contribution >= 4 is 40.8 Å². The van der Waals surface area contributed by atoms with E-state index in [0.29, 0.717) is 0 Å². The van der Waals surface area contributed by atoms with E-state index in [9.17, 15) is 14.4 Å². The van der Waals surface area contributed by atoms with Crippen LogP contribution in [0.1, 0.15) is 13.3 Å². The lowest BCUT2D eigenvalue weighted by Gasteiger charge is -2.03. The number of amides is 2. The first-order valence-corrected chi connectivity index (χ1v) is 4.38. The predicted molar refractivity (Wildman–Crippen MR) is 46.7 cm³/mol. The van der Waals surface area contributed by atoms with Gasteiger partial charge in [-0.2, -0.15) is 0 Å². The van der Waals surface area contributed by atoms with E-state index in [0.717, 1.165) is 6.92 Å². The van der Waals surface area contributed by atoms with E-state index in [1.807, 2.05) is 5.32 Å². The minimum absolute atomic E-state index is 0.264. The zero-order valence-corrected chi connectivity index (χ0v) is 8.28. The minimum atomic E-state index is -1.29. The molecule has 0 radical (unpaired) electrons. The lowest BCUT2D eigenvalue weighted by Crippen LogP contribution is -2.40. The van der Waals surface area contributed by atoms with Crippen molar-refractivity contribution in [1.29, 1.82) is 0 Å². The third-order valence-corrected chi connectivity index (χ3v) is 2.91. The van der Waals surface area contributed by atoms with Gasteiger partial charge in [0.15, 0.2) is 0 Å². The Morgan fingerprint density at radius 1 is 1.46 bits per heavy atom. The van der Waals surface area contributed by atoms with Gasteiger partial charge in [-0.25, -0.2) is 0 Å². The van der Waals surface area contributed by atoms with Crippen molar-refractivity contribution in [3.63, 3.8) is 0 Å². The smallest absolute Gasteiger partial charge is 0.290 e. The molecule has 4 nitrogen and oxygen atoms in total. The van der Waals surface area contributed by atoms with E-state index in [1.165, 1.54) is 0 Å². The van der Waals surface area contributed by atoms with Crippen molar-refractivity contribution in [2.75, 3.05) is 0 Å². The number of carbonyl (C=O) groups excluding carboxylic acids is 3. The summed E-state index contributed by atoms with van der Waals surface area (Å²) in [7, 11) is 0. The van der Waals surface area contributed by atoms with Crippen LogP contribution in [0.25, 0.3) is 0 Å². The molecule has 2 amide bonds. The molecule has 1 aliphatic carbocycles. The molecule has 1 fully saturated rings. The third kappa shape index (κ3) is 2.00. The van der Waals surface area contributed by atoms with Crippen molar-refractivity contribution in [2.45, 2.75) is 23.6 Å². The number of halogens is 2. The Bertz CT molecular complexity index is 291. The van der Waals surface area contributed by atoms with Gasteiger partial charge < -0.3 is 0 Å². The summed E-state index contributed by atoms with van der Waals surface area (Å²) < 4.78 is 0. The van der Waals surface area contributed by atoms with E-state index in [-0.39, 0.29) is 6.42 Å². The zero-order valence-electron chi connectivity index (χ0n) is 6.77. The van der Waals surface area contributed by atoms with Gasteiger partial charge in [-0.05, 0) is 6.42 Å². The molecule has 13 heavy (non-hydrogen) atoms. The van der Waals surface area contributed by atoms with Crippen molar-refractivity contribution in [3.05, 3.63) is 0 Å². The first kappa shape index (κ1) is 10.5. The van der Waals surface area contributed by atoms with Gasteiger partial charge >= 0.3 is 0 Å². The second-order valence-corrected chi connectivity index (χ2v) is 4.07. The van der Waals surface area contributed by atoms with Crippen LogP contribution in [-0.4, -0.2) is 27.8 Å². The first-order chi connectivity index (χ1) is 5.88. The summed E-state index contributed by atoms with van der Waals surface area (Å²) >= 11 is 11.2. The van der Waals surface area contributed by atoms with Gasteiger partial charge in [-0.15, -0.1) is 23.2 Å². The fourth-order valence-corrected chi connectivity index (χ4v) is 1.50. The molecule has 0 aromatic heterocycles. The predicted octanol–water partition coefficient (Wildman–Crippen LogP) is 0.207. The van der Waals surface area contributed by atoms with Crippen LogP contribution >= 0.6 is 23.2 Å². The van der Waals surface area contributed by atoms with Gasteiger partial charge in [0.1, 0.15) is 4.87 Å². The molecule has 1 aliphatic rings. The van der Waals surface area contributed by atoms with Crippen LogP contribution in [0.3, 0.4) is 0 Å². The van der Waals surface area contributed by atoms with Crippen LogP contribution in [0.5, 0.6) is 0 Å². The largest absolute Gasteiger partial charge is 0.295 e. The molecular weight excluding hydrogens is 217 g/mol. The number of nitrogens with one attached hydrogen (secondary N) is 1. The number of alkyl halides is 2.